The van der Waals surface area contributed by atoms with Gasteiger partial charge in [-0.05, 0) is 43.9 Å². The van der Waals surface area contributed by atoms with Gasteiger partial charge in [-0.3, -0.25) is 4.79 Å². The van der Waals surface area contributed by atoms with Gasteiger partial charge in [-0.15, -0.1) is 0 Å². The van der Waals surface area contributed by atoms with Crippen molar-refractivity contribution in [2.45, 2.75) is 25.9 Å². The van der Waals surface area contributed by atoms with E-state index in [0.29, 0.717) is 26.3 Å². The van der Waals surface area contributed by atoms with Crippen LogP contribution in [0.15, 0.2) is 22.8 Å². The van der Waals surface area contributed by atoms with Gasteiger partial charge in [0.05, 0.1) is 12.8 Å². The van der Waals surface area contributed by atoms with Crippen LogP contribution in [-0.2, 0) is 16.1 Å². The zero-order chi connectivity index (χ0) is 13.3. The minimum Gasteiger partial charge on any atom is -0.467 e. The van der Waals surface area contributed by atoms with Gasteiger partial charge in [-0.1, -0.05) is 0 Å². The van der Waals surface area contributed by atoms with Gasteiger partial charge in [-0.25, -0.2) is 0 Å². The second kappa shape index (κ2) is 7.96. The molecule has 0 aromatic carbocycles. The van der Waals surface area contributed by atoms with Gasteiger partial charge in [0.1, 0.15) is 12.4 Å². The molecule has 1 aliphatic rings. The molecular weight excluding hydrogens is 244 g/mol. The Balaban J connectivity index is 1.37. The minimum absolute atomic E-state index is 0.0617. The van der Waals surface area contributed by atoms with Gasteiger partial charge in [0.25, 0.3) is 0 Å². The molecule has 0 unspecified atom stereocenters. The summed E-state index contributed by atoms with van der Waals surface area (Å²) in [6, 6.07) is 3.72. The Bertz CT molecular complexity index is 361. The number of carbonyl (C=O) groups excluding carboxylic acids is 1. The third-order valence-corrected chi connectivity index (χ3v) is 3.03. The van der Waals surface area contributed by atoms with Crippen molar-refractivity contribution in [1.29, 1.82) is 0 Å². The molecule has 106 valence electrons. The Hall–Kier alpha value is -1.33. The summed E-state index contributed by atoms with van der Waals surface area (Å²) in [5.74, 6) is 1.70. The molecule has 0 aliphatic heterocycles. The quantitative estimate of drug-likeness (QED) is 0.627. The highest BCUT2D eigenvalue weighted by Crippen LogP contribution is 2.27. The highest BCUT2D eigenvalue weighted by molar-refractivity contribution is 5.77. The van der Waals surface area contributed by atoms with E-state index in [2.05, 4.69) is 10.6 Å². The Morgan fingerprint density at radius 2 is 2.37 bits per heavy atom. The van der Waals surface area contributed by atoms with Crippen LogP contribution in [0.5, 0.6) is 0 Å². The van der Waals surface area contributed by atoms with Gasteiger partial charge < -0.3 is 19.8 Å². The molecule has 0 radical (unpaired) electrons. The zero-order valence-corrected chi connectivity index (χ0v) is 11.2. The normalized spacial score (nSPS) is 14.5. The smallest absolute Gasteiger partial charge is 0.233 e. The van der Waals surface area contributed by atoms with E-state index in [0.717, 1.165) is 24.6 Å². The van der Waals surface area contributed by atoms with Crippen molar-refractivity contribution in [1.82, 2.24) is 10.6 Å². The van der Waals surface area contributed by atoms with E-state index in [4.69, 9.17) is 9.15 Å². The lowest BCUT2D eigenvalue weighted by atomic mass is 10.4. The highest BCUT2D eigenvalue weighted by atomic mass is 16.5. The Kier molecular flexibility index (Phi) is 5.91. The summed E-state index contributed by atoms with van der Waals surface area (Å²) in [6.07, 6.45) is 5.06. The van der Waals surface area contributed by atoms with Gasteiger partial charge in [-0.2, -0.15) is 0 Å². The van der Waals surface area contributed by atoms with Gasteiger partial charge in [0.2, 0.25) is 5.91 Å². The van der Waals surface area contributed by atoms with Crippen molar-refractivity contribution in [3.8, 4) is 0 Å². The monoisotopic (exact) mass is 266 g/mol. The number of hydrogen-bond acceptors (Lipinski definition) is 4. The first-order valence-electron chi connectivity index (χ1n) is 6.92. The number of ether oxygens (including phenoxy) is 1. The summed E-state index contributed by atoms with van der Waals surface area (Å²) in [4.78, 5) is 11.4. The molecule has 1 aliphatic carbocycles. The maximum atomic E-state index is 11.4. The number of rotatable bonds is 10. The van der Waals surface area contributed by atoms with Crippen LogP contribution in [0.4, 0.5) is 0 Å². The largest absolute Gasteiger partial charge is 0.467 e. The highest BCUT2D eigenvalue weighted by Gasteiger charge is 2.20. The molecule has 0 bridgehead atoms. The molecule has 0 saturated heterocycles. The van der Waals surface area contributed by atoms with Crippen LogP contribution in [0.25, 0.3) is 0 Å². The molecule has 1 amide bonds. The van der Waals surface area contributed by atoms with E-state index in [1.807, 2.05) is 12.1 Å². The summed E-state index contributed by atoms with van der Waals surface area (Å²) < 4.78 is 10.6. The number of nitrogens with one attached hydrogen (secondary N) is 2. The van der Waals surface area contributed by atoms with E-state index < -0.39 is 0 Å². The first-order chi connectivity index (χ1) is 9.34. The van der Waals surface area contributed by atoms with Crippen LogP contribution in [0, 0.1) is 5.92 Å². The van der Waals surface area contributed by atoms with Crippen LogP contribution in [0.1, 0.15) is 25.0 Å². The molecule has 0 spiro atoms. The minimum atomic E-state index is 0.0617. The predicted molar refractivity (Wildman–Crippen MR) is 71.6 cm³/mol. The molecule has 5 heteroatoms. The first-order valence-corrected chi connectivity index (χ1v) is 6.92. The average Bonchev–Trinajstić information content (AvgIpc) is 3.08. The zero-order valence-electron chi connectivity index (χ0n) is 11.2. The molecule has 2 N–H and O–H groups in total. The second-order valence-corrected chi connectivity index (χ2v) is 4.91. The lowest BCUT2D eigenvalue weighted by molar-refractivity contribution is -0.120. The molecule has 1 aromatic heterocycles. The van der Waals surface area contributed by atoms with Crippen molar-refractivity contribution in [3.05, 3.63) is 24.2 Å². The van der Waals surface area contributed by atoms with Crippen LogP contribution < -0.4 is 10.6 Å². The topological polar surface area (TPSA) is 63.5 Å². The lowest BCUT2D eigenvalue weighted by Gasteiger charge is -2.06. The van der Waals surface area contributed by atoms with E-state index in [-0.39, 0.29) is 5.91 Å². The molecule has 19 heavy (non-hydrogen) atoms. The van der Waals surface area contributed by atoms with E-state index in [1.54, 1.807) is 6.26 Å². The fourth-order valence-corrected chi connectivity index (χ4v) is 1.74. The molecule has 5 nitrogen and oxygen atoms in total. The third kappa shape index (κ3) is 6.40. The Morgan fingerprint density at radius 3 is 3.11 bits per heavy atom. The average molecular weight is 266 g/mol. The van der Waals surface area contributed by atoms with Crippen molar-refractivity contribution < 1.29 is 13.9 Å². The Morgan fingerprint density at radius 1 is 1.47 bits per heavy atom. The summed E-state index contributed by atoms with van der Waals surface area (Å²) in [6.45, 7) is 3.16. The summed E-state index contributed by atoms with van der Waals surface area (Å²) in [5, 5.41) is 6.03. The lowest BCUT2D eigenvalue weighted by Crippen LogP contribution is -2.35. The first kappa shape index (κ1) is 14.1. The maximum Gasteiger partial charge on any atom is 0.233 e. The van der Waals surface area contributed by atoms with Crippen LogP contribution in [0.2, 0.25) is 0 Å². The van der Waals surface area contributed by atoms with Crippen molar-refractivity contribution in [2.75, 3.05) is 26.2 Å². The molecule has 1 heterocycles. The third-order valence-electron chi connectivity index (χ3n) is 3.03. The van der Waals surface area contributed by atoms with Gasteiger partial charge in [0.15, 0.2) is 0 Å². The molecular formula is C14H22N2O3. The Labute approximate surface area is 113 Å². The predicted octanol–water partition coefficient (Wildman–Crippen LogP) is 1.30. The number of furan rings is 1. The molecule has 1 saturated carbocycles. The molecule has 1 aromatic rings. The summed E-state index contributed by atoms with van der Waals surface area (Å²) >= 11 is 0. The van der Waals surface area contributed by atoms with E-state index in [1.165, 1.54) is 12.8 Å². The second-order valence-electron chi connectivity index (χ2n) is 4.91. The molecule has 1 fully saturated rings. The maximum absolute atomic E-state index is 11.4. The van der Waals surface area contributed by atoms with Crippen LogP contribution >= 0.6 is 0 Å². The van der Waals surface area contributed by atoms with E-state index in [9.17, 15) is 4.79 Å². The fraction of sp³-hybridized carbons (Fsp3) is 0.643. The van der Waals surface area contributed by atoms with Gasteiger partial charge in [0, 0.05) is 13.2 Å². The molecule has 0 atom stereocenters. The summed E-state index contributed by atoms with van der Waals surface area (Å²) in [7, 11) is 0. The molecule has 2 rings (SSSR count). The number of carbonyl (C=O) groups is 1. The summed E-state index contributed by atoms with van der Waals surface area (Å²) in [5.41, 5.74) is 0. The standard InChI is InChI=1S/C14H22N2O3/c17-14(10-15-9-12-4-5-12)16-6-2-7-18-11-13-3-1-8-19-13/h1,3,8,12,15H,2,4-7,9-11H2,(H,16,17). The van der Waals surface area contributed by atoms with Gasteiger partial charge >= 0.3 is 0 Å². The number of amides is 1. The van der Waals surface area contributed by atoms with Crippen molar-refractivity contribution >= 4 is 5.91 Å². The fourth-order valence-electron chi connectivity index (χ4n) is 1.74. The van der Waals surface area contributed by atoms with Crippen LogP contribution in [-0.4, -0.2) is 32.1 Å². The van der Waals surface area contributed by atoms with Crippen molar-refractivity contribution in [2.24, 2.45) is 5.92 Å². The SMILES string of the molecule is O=C(CNCC1CC1)NCCCOCc1ccco1. The van der Waals surface area contributed by atoms with Crippen molar-refractivity contribution in [3.63, 3.8) is 0 Å². The van der Waals surface area contributed by atoms with E-state index >= 15 is 0 Å². The number of hydrogen-bond donors (Lipinski definition) is 2. The van der Waals surface area contributed by atoms with Crippen LogP contribution in [0.3, 0.4) is 0 Å².